The highest BCUT2D eigenvalue weighted by Gasteiger charge is 2.29. The number of H-pyrrole nitrogens is 1. The number of nitrogens with two attached hydrogens (primary N) is 1. The van der Waals surface area contributed by atoms with Crippen LogP contribution >= 0.6 is 0 Å². The van der Waals surface area contributed by atoms with Crippen LogP contribution in [-0.4, -0.2) is 37.8 Å². The Balaban J connectivity index is 3.07. The molecular formula is C7H12N4O4. The predicted molar refractivity (Wildman–Crippen MR) is 50.0 cm³/mol. The molecule has 1 aromatic rings. The number of aliphatic hydroxyl groups is 2. The minimum Gasteiger partial charge on any atom is -0.389 e. The van der Waals surface area contributed by atoms with Crippen molar-refractivity contribution < 1.29 is 15.1 Å². The van der Waals surface area contributed by atoms with Gasteiger partial charge < -0.3 is 26.1 Å². The minimum atomic E-state index is -1.46. The van der Waals surface area contributed by atoms with Gasteiger partial charge in [0.05, 0.1) is 6.10 Å². The lowest BCUT2D eigenvalue weighted by Gasteiger charge is -2.12. The third-order valence-electron chi connectivity index (χ3n) is 1.90. The van der Waals surface area contributed by atoms with Gasteiger partial charge in [-0.1, -0.05) is 0 Å². The molecule has 0 saturated heterocycles. The first-order valence-corrected chi connectivity index (χ1v) is 4.24. The van der Waals surface area contributed by atoms with E-state index in [0.29, 0.717) is 5.82 Å². The molecule has 0 aromatic carbocycles. The maximum Gasteiger partial charge on any atom is 0.346 e. The van der Waals surface area contributed by atoms with Gasteiger partial charge in [-0.2, -0.15) is 0 Å². The van der Waals surface area contributed by atoms with Crippen molar-refractivity contribution in [3.05, 3.63) is 21.6 Å². The Bertz CT molecular complexity index is 364. The Morgan fingerprint density at radius 1 is 1.67 bits per heavy atom. The van der Waals surface area contributed by atoms with Crippen LogP contribution in [-0.2, 0) is 0 Å². The van der Waals surface area contributed by atoms with Crippen molar-refractivity contribution in [3.8, 4) is 0 Å². The van der Waals surface area contributed by atoms with E-state index in [1.54, 1.807) is 0 Å². The molecule has 0 aliphatic heterocycles. The lowest BCUT2D eigenvalue weighted by molar-refractivity contribution is -0.390. The molecule has 2 atom stereocenters. The van der Waals surface area contributed by atoms with Crippen molar-refractivity contribution >= 4 is 5.82 Å². The zero-order valence-electron chi connectivity index (χ0n) is 8.04. The molecule has 0 radical (unpaired) electrons. The number of hydrogen-bond acceptors (Lipinski definition) is 6. The van der Waals surface area contributed by atoms with E-state index in [0.717, 1.165) is 0 Å². The summed E-state index contributed by atoms with van der Waals surface area (Å²) in [6.07, 6.45) is -2.73. The van der Waals surface area contributed by atoms with E-state index in [-0.39, 0.29) is 12.2 Å². The highest BCUT2D eigenvalue weighted by Crippen LogP contribution is 2.24. The van der Waals surface area contributed by atoms with E-state index in [1.165, 1.54) is 6.92 Å². The zero-order chi connectivity index (χ0) is 11.6. The smallest absolute Gasteiger partial charge is 0.346 e. The van der Waals surface area contributed by atoms with Gasteiger partial charge in [-0.25, -0.2) is 9.97 Å². The molecule has 2 unspecified atom stereocenters. The average molecular weight is 216 g/mol. The van der Waals surface area contributed by atoms with Gasteiger partial charge in [-0.05, 0) is 4.92 Å². The minimum absolute atomic E-state index is 0.199. The second-order valence-corrected chi connectivity index (χ2v) is 3.06. The van der Waals surface area contributed by atoms with E-state index >= 15 is 0 Å². The van der Waals surface area contributed by atoms with E-state index in [1.807, 2.05) is 0 Å². The fraction of sp³-hybridized carbons (Fsp3) is 0.571. The predicted octanol–water partition coefficient (Wildman–Crippen LogP) is -1.02. The van der Waals surface area contributed by atoms with Crippen LogP contribution in [0.15, 0.2) is 0 Å². The van der Waals surface area contributed by atoms with Gasteiger partial charge >= 0.3 is 5.82 Å². The standard InChI is InChI=1S/C7H12N4O4/c1-3-9-5(6(13)4(12)2-8)7(10-3)11(14)15/h4,6,12-13H,2,8H2,1H3,(H,9,10). The van der Waals surface area contributed by atoms with E-state index in [9.17, 15) is 20.3 Å². The number of nitro groups is 1. The van der Waals surface area contributed by atoms with Crippen LogP contribution in [0.1, 0.15) is 17.6 Å². The SMILES string of the molecule is Cc1nc(C(O)C(O)CN)c([N+](=O)[O-])[nH]1. The number of hydrogen-bond donors (Lipinski definition) is 4. The van der Waals surface area contributed by atoms with Crippen LogP contribution < -0.4 is 5.73 Å². The molecule has 0 amide bonds. The summed E-state index contributed by atoms with van der Waals surface area (Å²) >= 11 is 0. The normalized spacial score (nSPS) is 14.9. The van der Waals surface area contributed by atoms with Gasteiger partial charge in [-0.3, -0.25) is 0 Å². The topological polar surface area (TPSA) is 138 Å². The quantitative estimate of drug-likeness (QED) is 0.375. The molecule has 0 aliphatic carbocycles. The van der Waals surface area contributed by atoms with Crippen molar-refractivity contribution in [1.29, 1.82) is 0 Å². The molecule has 8 heteroatoms. The van der Waals surface area contributed by atoms with Gasteiger partial charge in [0.25, 0.3) is 0 Å². The molecule has 0 fully saturated rings. The molecule has 1 aromatic heterocycles. The van der Waals surface area contributed by atoms with Gasteiger partial charge in [-0.15, -0.1) is 0 Å². The molecule has 0 saturated carbocycles. The van der Waals surface area contributed by atoms with Crippen molar-refractivity contribution in [2.75, 3.05) is 6.54 Å². The van der Waals surface area contributed by atoms with Crippen LogP contribution in [0.25, 0.3) is 0 Å². The van der Waals surface area contributed by atoms with Gasteiger partial charge in [0.15, 0.2) is 11.5 Å². The van der Waals surface area contributed by atoms with Crippen molar-refractivity contribution in [1.82, 2.24) is 9.97 Å². The number of rotatable bonds is 4. The van der Waals surface area contributed by atoms with Crippen LogP contribution in [0.2, 0.25) is 0 Å². The van der Waals surface area contributed by atoms with Crippen molar-refractivity contribution in [2.45, 2.75) is 19.1 Å². The third kappa shape index (κ3) is 2.29. The number of aromatic nitrogens is 2. The molecule has 0 aliphatic rings. The van der Waals surface area contributed by atoms with Crippen LogP contribution in [0.4, 0.5) is 5.82 Å². The number of aliphatic hydroxyl groups excluding tert-OH is 2. The summed E-state index contributed by atoms with van der Waals surface area (Å²) in [5.74, 6) is -0.132. The number of nitrogens with zero attached hydrogens (tertiary/aromatic N) is 2. The molecule has 1 heterocycles. The highest BCUT2D eigenvalue weighted by molar-refractivity contribution is 5.30. The third-order valence-corrected chi connectivity index (χ3v) is 1.90. The molecule has 0 spiro atoms. The fourth-order valence-corrected chi connectivity index (χ4v) is 1.15. The van der Waals surface area contributed by atoms with Crippen molar-refractivity contribution in [2.24, 2.45) is 5.73 Å². The van der Waals surface area contributed by atoms with E-state index in [4.69, 9.17) is 5.73 Å². The second kappa shape index (κ2) is 4.34. The molecule has 15 heavy (non-hydrogen) atoms. The van der Waals surface area contributed by atoms with Crippen molar-refractivity contribution in [3.63, 3.8) is 0 Å². The summed E-state index contributed by atoms with van der Waals surface area (Å²) in [6, 6.07) is 0. The Kier molecular flexibility index (Phi) is 3.35. The lowest BCUT2D eigenvalue weighted by atomic mass is 10.1. The number of imidazole rings is 1. The summed E-state index contributed by atoms with van der Waals surface area (Å²) in [4.78, 5) is 16.0. The number of aryl methyl sites for hydroxylation is 1. The van der Waals surface area contributed by atoms with Crippen LogP contribution in [0.5, 0.6) is 0 Å². The summed E-state index contributed by atoms with van der Waals surface area (Å²) in [5.41, 5.74) is 4.93. The van der Waals surface area contributed by atoms with Gasteiger partial charge in [0, 0.05) is 13.5 Å². The Morgan fingerprint density at radius 3 is 2.73 bits per heavy atom. The number of aromatic amines is 1. The molecular weight excluding hydrogens is 204 g/mol. The molecule has 1 rings (SSSR count). The van der Waals surface area contributed by atoms with Crippen LogP contribution in [0.3, 0.4) is 0 Å². The monoisotopic (exact) mass is 216 g/mol. The first-order valence-electron chi connectivity index (χ1n) is 4.24. The van der Waals surface area contributed by atoms with E-state index < -0.39 is 22.9 Å². The maximum absolute atomic E-state index is 10.6. The summed E-state index contributed by atoms with van der Waals surface area (Å²) in [6.45, 7) is 1.31. The van der Waals surface area contributed by atoms with E-state index in [2.05, 4.69) is 9.97 Å². The summed E-state index contributed by atoms with van der Waals surface area (Å²) in [5, 5.41) is 29.3. The van der Waals surface area contributed by atoms with Gasteiger partial charge in [0.2, 0.25) is 0 Å². The average Bonchev–Trinajstić information content (AvgIpc) is 2.58. The maximum atomic E-state index is 10.6. The highest BCUT2D eigenvalue weighted by atomic mass is 16.6. The Hall–Kier alpha value is -1.51. The Labute approximate surface area is 84.9 Å². The number of nitrogens with one attached hydrogen (secondary N) is 1. The first-order chi connectivity index (χ1) is 6.97. The fourth-order valence-electron chi connectivity index (χ4n) is 1.15. The Morgan fingerprint density at radius 2 is 2.27 bits per heavy atom. The summed E-state index contributed by atoms with van der Waals surface area (Å²) < 4.78 is 0. The molecule has 0 bridgehead atoms. The first kappa shape index (κ1) is 11.6. The van der Waals surface area contributed by atoms with Gasteiger partial charge in [0.1, 0.15) is 6.10 Å². The summed E-state index contributed by atoms with van der Waals surface area (Å²) in [7, 11) is 0. The van der Waals surface area contributed by atoms with Crippen LogP contribution in [0, 0.1) is 17.0 Å². The lowest BCUT2D eigenvalue weighted by Crippen LogP contribution is -2.27. The molecule has 84 valence electrons. The molecule has 8 nitrogen and oxygen atoms in total. The zero-order valence-corrected chi connectivity index (χ0v) is 8.04. The second-order valence-electron chi connectivity index (χ2n) is 3.06. The largest absolute Gasteiger partial charge is 0.389 e. The molecule has 5 N–H and O–H groups in total.